The number of benzene rings is 2. The lowest BCUT2D eigenvalue weighted by Crippen LogP contribution is -2.10. The first kappa shape index (κ1) is 17.1. The number of halogens is 1. The monoisotopic (exact) mass is 357 g/mol. The van der Waals surface area contributed by atoms with Crippen LogP contribution in [0.1, 0.15) is 16.3 Å². The number of nitrogens with one attached hydrogen (secondary N) is 1. The van der Waals surface area contributed by atoms with Gasteiger partial charge in [0.15, 0.2) is 5.76 Å². The minimum absolute atomic E-state index is 0.154. The van der Waals surface area contributed by atoms with Gasteiger partial charge in [0.25, 0.3) is 5.91 Å². The second kappa shape index (κ2) is 7.90. The number of ether oxygens (including phenoxy) is 1. The molecule has 0 bridgehead atoms. The molecule has 0 fully saturated rings. The third-order valence-corrected chi connectivity index (χ3v) is 4.13. The summed E-state index contributed by atoms with van der Waals surface area (Å²) < 4.78 is 23.8. The average molecular weight is 357 g/mol. The van der Waals surface area contributed by atoms with Crippen molar-refractivity contribution in [3.63, 3.8) is 0 Å². The van der Waals surface area contributed by atoms with Crippen LogP contribution in [-0.2, 0) is 6.61 Å². The molecular formula is C19H16FNO3S. The molecule has 0 saturated heterocycles. The highest BCUT2D eigenvalue weighted by molar-refractivity contribution is 7.98. The van der Waals surface area contributed by atoms with Crippen LogP contribution < -0.4 is 10.1 Å². The Kier molecular flexibility index (Phi) is 5.40. The van der Waals surface area contributed by atoms with Crippen molar-refractivity contribution in [3.05, 3.63) is 78.0 Å². The lowest BCUT2D eigenvalue weighted by molar-refractivity contribution is 0.0992. The molecular weight excluding hydrogens is 341 g/mol. The normalized spacial score (nSPS) is 10.5. The number of amides is 1. The Morgan fingerprint density at radius 3 is 2.72 bits per heavy atom. The highest BCUT2D eigenvalue weighted by atomic mass is 32.2. The predicted molar refractivity (Wildman–Crippen MR) is 95.6 cm³/mol. The summed E-state index contributed by atoms with van der Waals surface area (Å²) in [7, 11) is 0. The number of hydrogen-bond acceptors (Lipinski definition) is 4. The van der Waals surface area contributed by atoms with Crippen LogP contribution in [0.5, 0.6) is 5.75 Å². The van der Waals surface area contributed by atoms with Crippen molar-refractivity contribution in [1.82, 2.24) is 0 Å². The summed E-state index contributed by atoms with van der Waals surface area (Å²) in [5.41, 5.74) is 0.706. The summed E-state index contributed by atoms with van der Waals surface area (Å²) in [4.78, 5) is 13.3. The van der Waals surface area contributed by atoms with Crippen molar-refractivity contribution in [2.24, 2.45) is 0 Å². The van der Waals surface area contributed by atoms with Gasteiger partial charge in [-0.25, -0.2) is 4.39 Å². The Morgan fingerprint density at radius 1 is 1.16 bits per heavy atom. The molecule has 1 N–H and O–H groups in total. The van der Waals surface area contributed by atoms with Gasteiger partial charge >= 0.3 is 0 Å². The Morgan fingerprint density at radius 2 is 1.96 bits per heavy atom. The Hall–Kier alpha value is -2.73. The summed E-state index contributed by atoms with van der Waals surface area (Å²) in [6.07, 6.45) is 1.97. The molecule has 0 aliphatic carbocycles. The molecule has 2 aromatic carbocycles. The van der Waals surface area contributed by atoms with Gasteiger partial charge in [-0.15, -0.1) is 11.8 Å². The zero-order valence-electron chi connectivity index (χ0n) is 13.5. The maximum atomic E-state index is 12.8. The second-order valence-electron chi connectivity index (χ2n) is 5.19. The van der Waals surface area contributed by atoms with Gasteiger partial charge < -0.3 is 14.5 Å². The molecule has 3 rings (SSSR count). The van der Waals surface area contributed by atoms with Crippen molar-refractivity contribution in [2.75, 3.05) is 11.6 Å². The van der Waals surface area contributed by atoms with E-state index >= 15 is 0 Å². The lowest BCUT2D eigenvalue weighted by Gasteiger charge is -2.05. The predicted octanol–water partition coefficient (Wildman–Crippen LogP) is 4.97. The summed E-state index contributed by atoms with van der Waals surface area (Å²) in [6, 6.07) is 16.5. The van der Waals surface area contributed by atoms with E-state index in [1.165, 1.54) is 24.3 Å². The summed E-state index contributed by atoms with van der Waals surface area (Å²) in [5.74, 6) is 0.582. The third-order valence-electron chi connectivity index (χ3n) is 3.41. The van der Waals surface area contributed by atoms with E-state index in [2.05, 4.69) is 5.32 Å². The zero-order chi connectivity index (χ0) is 17.6. The molecule has 1 aromatic heterocycles. The van der Waals surface area contributed by atoms with E-state index in [0.29, 0.717) is 17.2 Å². The molecule has 6 heteroatoms. The Balaban J connectivity index is 1.60. The van der Waals surface area contributed by atoms with E-state index in [9.17, 15) is 9.18 Å². The molecule has 25 heavy (non-hydrogen) atoms. The molecule has 0 radical (unpaired) electrons. The van der Waals surface area contributed by atoms with Crippen LogP contribution >= 0.6 is 11.8 Å². The van der Waals surface area contributed by atoms with Crippen molar-refractivity contribution in [3.8, 4) is 5.75 Å². The van der Waals surface area contributed by atoms with Crippen molar-refractivity contribution >= 4 is 23.4 Å². The Bertz CT molecular complexity index is 861. The van der Waals surface area contributed by atoms with E-state index < -0.39 is 0 Å². The number of thioether (sulfide) groups is 1. The minimum Gasteiger partial charge on any atom is -0.486 e. The van der Waals surface area contributed by atoms with E-state index in [1.807, 2.05) is 30.5 Å². The first-order chi connectivity index (χ1) is 12.1. The first-order valence-electron chi connectivity index (χ1n) is 7.56. The standard InChI is InChI=1S/C19H16FNO3S/c1-25-17-4-2-3-14(11-17)21-19(22)18-10-9-16(24-18)12-23-15-7-5-13(20)6-8-15/h2-11H,12H2,1H3,(H,21,22). The van der Waals surface area contributed by atoms with Crippen LogP contribution in [0.15, 0.2) is 70.0 Å². The highest BCUT2D eigenvalue weighted by Gasteiger charge is 2.12. The molecule has 0 unspecified atom stereocenters. The smallest absolute Gasteiger partial charge is 0.291 e. The van der Waals surface area contributed by atoms with Gasteiger partial charge in [-0.1, -0.05) is 6.07 Å². The molecule has 128 valence electrons. The molecule has 1 heterocycles. The van der Waals surface area contributed by atoms with Crippen LogP contribution in [0, 0.1) is 5.82 Å². The highest BCUT2D eigenvalue weighted by Crippen LogP contribution is 2.20. The van der Waals surface area contributed by atoms with Crippen molar-refractivity contribution in [1.29, 1.82) is 0 Å². The number of carbonyl (C=O) groups excluding carboxylic acids is 1. The van der Waals surface area contributed by atoms with Gasteiger partial charge in [0.1, 0.15) is 23.9 Å². The second-order valence-corrected chi connectivity index (χ2v) is 6.07. The number of anilines is 1. The maximum absolute atomic E-state index is 12.8. The number of hydrogen-bond donors (Lipinski definition) is 1. The summed E-state index contributed by atoms with van der Waals surface area (Å²) >= 11 is 1.60. The van der Waals surface area contributed by atoms with Crippen LogP contribution in [0.2, 0.25) is 0 Å². The van der Waals surface area contributed by atoms with Gasteiger partial charge in [0, 0.05) is 10.6 Å². The number of furan rings is 1. The molecule has 1 amide bonds. The van der Waals surface area contributed by atoms with E-state index in [4.69, 9.17) is 9.15 Å². The molecule has 0 spiro atoms. The van der Waals surface area contributed by atoms with Crippen LogP contribution in [0.3, 0.4) is 0 Å². The van der Waals surface area contributed by atoms with Gasteiger partial charge in [-0.05, 0) is 60.9 Å². The number of carbonyl (C=O) groups is 1. The summed E-state index contributed by atoms with van der Waals surface area (Å²) in [6.45, 7) is 0.154. The topological polar surface area (TPSA) is 51.5 Å². The fourth-order valence-electron chi connectivity index (χ4n) is 2.16. The van der Waals surface area contributed by atoms with Crippen molar-refractivity contribution in [2.45, 2.75) is 11.5 Å². The molecule has 0 atom stereocenters. The molecule has 4 nitrogen and oxygen atoms in total. The van der Waals surface area contributed by atoms with E-state index in [-0.39, 0.29) is 24.1 Å². The molecule has 0 aliphatic heterocycles. The quantitative estimate of drug-likeness (QED) is 0.633. The van der Waals surface area contributed by atoms with Gasteiger partial charge in [-0.3, -0.25) is 4.79 Å². The van der Waals surface area contributed by atoms with E-state index in [1.54, 1.807) is 23.9 Å². The number of rotatable bonds is 6. The van der Waals surface area contributed by atoms with Gasteiger partial charge in [-0.2, -0.15) is 0 Å². The fraction of sp³-hybridized carbons (Fsp3) is 0.105. The van der Waals surface area contributed by atoms with Gasteiger partial charge in [0.05, 0.1) is 0 Å². The van der Waals surface area contributed by atoms with E-state index in [0.717, 1.165) is 4.90 Å². The molecule has 3 aromatic rings. The SMILES string of the molecule is CSc1cccc(NC(=O)c2ccc(COc3ccc(F)cc3)o2)c1. The van der Waals surface area contributed by atoms with Crippen LogP contribution in [0.4, 0.5) is 10.1 Å². The maximum Gasteiger partial charge on any atom is 0.291 e. The molecule has 0 saturated carbocycles. The minimum atomic E-state index is -0.328. The van der Waals surface area contributed by atoms with Crippen LogP contribution in [0.25, 0.3) is 0 Å². The first-order valence-corrected chi connectivity index (χ1v) is 8.79. The zero-order valence-corrected chi connectivity index (χ0v) is 14.3. The van der Waals surface area contributed by atoms with Crippen molar-refractivity contribution < 1.29 is 18.3 Å². The summed E-state index contributed by atoms with van der Waals surface area (Å²) in [5, 5.41) is 2.80. The third kappa shape index (κ3) is 4.64. The average Bonchev–Trinajstić information content (AvgIpc) is 3.10. The van der Waals surface area contributed by atoms with Crippen LogP contribution in [-0.4, -0.2) is 12.2 Å². The lowest BCUT2D eigenvalue weighted by atomic mass is 10.3. The fourth-order valence-corrected chi connectivity index (χ4v) is 2.62. The largest absolute Gasteiger partial charge is 0.486 e. The van der Waals surface area contributed by atoms with Gasteiger partial charge in [0.2, 0.25) is 0 Å². The Labute approximate surface area is 149 Å². The molecule has 0 aliphatic rings.